The van der Waals surface area contributed by atoms with Crippen LogP contribution in [0.4, 0.5) is 11.4 Å². The van der Waals surface area contributed by atoms with E-state index in [1.165, 1.54) is 23.6 Å². The first-order valence-corrected chi connectivity index (χ1v) is 5.99. The molecule has 0 saturated heterocycles. The minimum absolute atomic E-state index is 0.122. The van der Waals surface area contributed by atoms with Crippen molar-refractivity contribution in [2.24, 2.45) is 0 Å². The number of carbonyl (C=O) groups excluding carboxylic acids is 1. The highest BCUT2D eigenvalue weighted by molar-refractivity contribution is 7.14. The molecule has 1 amide bonds. The van der Waals surface area contributed by atoms with Gasteiger partial charge in [0, 0.05) is 11.4 Å². The minimum Gasteiger partial charge on any atom is -0.315 e. The fourth-order valence-electron chi connectivity index (χ4n) is 1.28. The van der Waals surface area contributed by atoms with Gasteiger partial charge in [-0.05, 0) is 6.07 Å². The van der Waals surface area contributed by atoms with Crippen LogP contribution >= 0.6 is 22.9 Å². The summed E-state index contributed by atoms with van der Waals surface area (Å²) in [6, 6.07) is 5.87. The van der Waals surface area contributed by atoms with Crippen molar-refractivity contribution < 1.29 is 9.72 Å². The van der Waals surface area contributed by atoms with Gasteiger partial charge in [0.2, 0.25) is 0 Å². The molecule has 0 radical (unpaired) electrons. The van der Waals surface area contributed by atoms with Crippen molar-refractivity contribution in [2.75, 3.05) is 5.32 Å². The summed E-state index contributed by atoms with van der Waals surface area (Å²) in [6.45, 7) is 0. The lowest BCUT2D eigenvalue weighted by Gasteiger charge is -2.03. The smallest absolute Gasteiger partial charge is 0.292 e. The molecule has 0 saturated carbocycles. The van der Waals surface area contributed by atoms with Crippen molar-refractivity contribution in [1.29, 1.82) is 0 Å². The normalized spacial score (nSPS) is 10.1. The number of para-hydroxylation sites is 2. The number of carbonyl (C=O) groups is 1. The van der Waals surface area contributed by atoms with E-state index in [1.54, 1.807) is 6.07 Å². The van der Waals surface area contributed by atoms with Gasteiger partial charge in [-0.1, -0.05) is 23.7 Å². The number of amides is 1. The first-order chi connectivity index (χ1) is 8.58. The first-order valence-electron chi connectivity index (χ1n) is 4.73. The van der Waals surface area contributed by atoms with Crippen molar-refractivity contribution in [3.8, 4) is 0 Å². The molecule has 2 rings (SSSR count). The van der Waals surface area contributed by atoms with Crippen LogP contribution in [0.2, 0.25) is 4.47 Å². The number of halogens is 1. The van der Waals surface area contributed by atoms with Gasteiger partial charge in [-0.2, -0.15) is 0 Å². The molecule has 0 aliphatic carbocycles. The maximum absolute atomic E-state index is 11.8. The zero-order valence-electron chi connectivity index (χ0n) is 8.79. The number of nitrogens with zero attached hydrogens (tertiary/aromatic N) is 2. The van der Waals surface area contributed by atoms with Crippen molar-refractivity contribution in [2.45, 2.75) is 0 Å². The number of thiazole rings is 1. The quantitative estimate of drug-likeness (QED) is 0.693. The summed E-state index contributed by atoms with van der Waals surface area (Å²) in [5.41, 5.74) is 0.0759. The third-order valence-electron chi connectivity index (χ3n) is 2.06. The number of aromatic nitrogens is 1. The van der Waals surface area contributed by atoms with Gasteiger partial charge in [0.1, 0.15) is 11.4 Å². The van der Waals surface area contributed by atoms with Crippen molar-refractivity contribution in [3.05, 3.63) is 49.9 Å². The number of hydrogen-bond donors (Lipinski definition) is 1. The monoisotopic (exact) mass is 283 g/mol. The van der Waals surface area contributed by atoms with Gasteiger partial charge in [-0.3, -0.25) is 14.9 Å². The summed E-state index contributed by atoms with van der Waals surface area (Å²) in [4.78, 5) is 25.7. The van der Waals surface area contributed by atoms with Crippen LogP contribution < -0.4 is 5.32 Å². The van der Waals surface area contributed by atoms with E-state index < -0.39 is 10.8 Å². The molecule has 1 N–H and O–H groups in total. The predicted octanol–water partition coefficient (Wildman–Crippen LogP) is 2.96. The second-order valence-corrected chi connectivity index (χ2v) is 4.65. The summed E-state index contributed by atoms with van der Waals surface area (Å²) in [5.74, 6) is -0.535. The van der Waals surface area contributed by atoms with E-state index in [2.05, 4.69) is 10.3 Å². The highest BCUT2D eigenvalue weighted by atomic mass is 35.5. The van der Waals surface area contributed by atoms with E-state index in [1.807, 2.05) is 0 Å². The molecule has 92 valence electrons. The van der Waals surface area contributed by atoms with Crippen LogP contribution in [0, 0.1) is 10.1 Å². The number of benzene rings is 1. The molecular weight excluding hydrogens is 278 g/mol. The average molecular weight is 284 g/mol. The maximum atomic E-state index is 11.8. The number of nitro groups is 1. The third-order valence-corrected chi connectivity index (χ3v) is 3.04. The van der Waals surface area contributed by atoms with Crippen LogP contribution in [-0.2, 0) is 0 Å². The molecular formula is C10H6ClN3O3S. The van der Waals surface area contributed by atoms with Crippen LogP contribution in [0.1, 0.15) is 10.5 Å². The van der Waals surface area contributed by atoms with Gasteiger partial charge in [0.05, 0.1) is 4.92 Å². The Balaban J connectivity index is 2.24. The van der Waals surface area contributed by atoms with Gasteiger partial charge >= 0.3 is 0 Å². The number of nitrogens with one attached hydrogen (secondary N) is 1. The molecule has 0 unspecified atom stereocenters. The number of nitro benzene ring substituents is 1. The first kappa shape index (κ1) is 12.5. The Hall–Kier alpha value is -1.99. The molecule has 1 heterocycles. The van der Waals surface area contributed by atoms with E-state index in [0.717, 1.165) is 11.3 Å². The Bertz CT molecular complexity index is 614. The third kappa shape index (κ3) is 2.63. The van der Waals surface area contributed by atoms with Gasteiger partial charge in [-0.25, -0.2) is 4.98 Å². The van der Waals surface area contributed by atoms with Gasteiger partial charge in [0.15, 0.2) is 4.47 Å². The molecule has 0 aliphatic rings. The second kappa shape index (κ2) is 5.11. The Morgan fingerprint density at radius 3 is 2.78 bits per heavy atom. The number of hydrogen-bond acceptors (Lipinski definition) is 5. The molecule has 1 aromatic carbocycles. The Kier molecular flexibility index (Phi) is 3.54. The standard InChI is InChI=1S/C10H6ClN3O3S/c11-10-13-7(5-18-10)9(15)12-6-3-1-2-4-8(6)14(16)17/h1-5H,(H,12,15). The topological polar surface area (TPSA) is 85.1 Å². The van der Waals surface area contributed by atoms with Gasteiger partial charge < -0.3 is 5.32 Å². The van der Waals surface area contributed by atoms with Crippen LogP contribution in [0.25, 0.3) is 0 Å². The van der Waals surface area contributed by atoms with Crippen molar-refractivity contribution >= 4 is 40.2 Å². The summed E-state index contributed by atoms with van der Waals surface area (Å²) in [5, 5.41) is 14.7. The van der Waals surface area contributed by atoms with Crippen LogP contribution in [0.3, 0.4) is 0 Å². The van der Waals surface area contributed by atoms with E-state index in [-0.39, 0.29) is 21.5 Å². The summed E-state index contributed by atoms with van der Waals surface area (Å²) in [7, 11) is 0. The fraction of sp³-hybridized carbons (Fsp3) is 0. The van der Waals surface area contributed by atoms with Crippen molar-refractivity contribution in [1.82, 2.24) is 4.98 Å². The van der Waals surface area contributed by atoms with Crippen LogP contribution in [0.15, 0.2) is 29.6 Å². The lowest BCUT2D eigenvalue weighted by atomic mass is 10.2. The molecule has 0 bridgehead atoms. The minimum atomic E-state index is -0.566. The van der Waals surface area contributed by atoms with Crippen LogP contribution in [0.5, 0.6) is 0 Å². The molecule has 8 heteroatoms. The molecule has 0 fully saturated rings. The Morgan fingerprint density at radius 1 is 1.44 bits per heavy atom. The Morgan fingerprint density at radius 2 is 2.17 bits per heavy atom. The highest BCUT2D eigenvalue weighted by Crippen LogP contribution is 2.24. The van der Waals surface area contributed by atoms with E-state index in [0.29, 0.717) is 0 Å². The zero-order chi connectivity index (χ0) is 13.1. The van der Waals surface area contributed by atoms with Gasteiger partial charge in [0.25, 0.3) is 11.6 Å². The SMILES string of the molecule is O=C(Nc1ccccc1[N+](=O)[O-])c1csc(Cl)n1. The molecule has 0 aliphatic heterocycles. The molecule has 2 aromatic rings. The number of rotatable bonds is 3. The van der Waals surface area contributed by atoms with E-state index in [9.17, 15) is 14.9 Å². The van der Waals surface area contributed by atoms with E-state index >= 15 is 0 Å². The molecule has 1 aromatic heterocycles. The summed E-state index contributed by atoms with van der Waals surface area (Å²) in [6.07, 6.45) is 0. The summed E-state index contributed by atoms with van der Waals surface area (Å²) >= 11 is 6.72. The van der Waals surface area contributed by atoms with E-state index in [4.69, 9.17) is 11.6 Å². The molecule has 18 heavy (non-hydrogen) atoms. The highest BCUT2D eigenvalue weighted by Gasteiger charge is 2.17. The largest absolute Gasteiger partial charge is 0.315 e. The molecule has 6 nitrogen and oxygen atoms in total. The average Bonchev–Trinajstić information content (AvgIpc) is 2.76. The predicted molar refractivity (Wildman–Crippen MR) is 68.2 cm³/mol. The lowest BCUT2D eigenvalue weighted by molar-refractivity contribution is -0.383. The lowest BCUT2D eigenvalue weighted by Crippen LogP contribution is -2.13. The molecule has 0 atom stereocenters. The molecule has 0 spiro atoms. The van der Waals surface area contributed by atoms with Crippen LogP contribution in [-0.4, -0.2) is 15.8 Å². The maximum Gasteiger partial charge on any atom is 0.292 e. The second-order valence-electron chi connectivity index (χ2n) is 3.21. The zero-order valence-corrected chi connectivity index (χ0v) is 10.4. The van der Waals surface area contributed by atoms with Gasteiger partial charge in [-0.15, -0.1) is 11.3 Å². The number of anilines is 1. The summed E-state index contributed by atoms with van der Waals surface area (Å²) < 4.78 is 0.239. The van der Waals surface area contributed by atoms with Crippen molar-refractivity contribution in [3.63, 3.8) is 0 Å². The fourth-order valence-corrected chi connectivity index (χ4v) is 2.03. The Labute approximate surface area is 110 Å².